The lowest BCUT2D eigenvalue weighted by atomic mass is 9.89. The molecule has 3 heterocycles. The van der Waals surface area contributed by atoms with Gasteiger partial charge in [-0.3, -0.25) is 4.79 Å². The summed E-state index contributed by atoms with van der Waals surface area (Å²) >= 11 is 0. The Morgan fingerprint density at radius 1 is 1.23 bits per heavy atom. The molecule has 134 valence electrons. The van der Waals surface area contributed by atoms with Crippen molar-refractivity contribution >= 4 is 27.0 Å². The Morgan fingerprint density at radius 3 is 2.73 bits per heavy atom. The van der Waals surface area contributed by atoms with Gasteiger partial charge in [0.1, 0.15) is 16.9 Å². The maximum atomic E-state index is 13.1. The number of nitrogens with zero attached hydrogens (tertiary/aromatic N) is 3. The highest BCUT2D eigenvalue weighted by Crippen LogP contribution is 2.36. The zero-order valence-corrected chi connectivity index (χ0v) is 14.4. The Kier molecular flexibility index (Phi) is 3.97. The van der Waals surface area contributed by atoms with Crippen LogP contribution in [0.4, 0.5) is 0 Å². The first kappa shape index (κ1) is 16.7. The quantitative estimate of drug-likeness (QED) is 0.716. The number of sulfonamides is 1. The lowest BCUT2D eigenvalue weighted by molar-refractivity contribution is -0.141. The molecule has 26 heavy (non-hydrogen) atoms. The van der Waals surface area contributed by atoms with E-state index in [-0.39, 0.29) is 18.0 Å². The van der Waals surface area contributed by atoms with Crippen LogP contribution < -0.4 is 0 Å². The molecule has 0 spiro atoms. The van der Waals surface area contributed by atoms with Crippen molar-refractivity contribution in [2.45, 2.75) is 10.8 Å². The van der Waals surface area contributed by atoms with Gasteiger partial charge in [0, 0.05) is 31.4 Å². The minimum absolute atomic E-state index is 0.0611. The number of fused-ring (bicyclic) bond motifs is 1. The van der Waals surface area contributed by atoms with E-state index in [2.05, 4.69) is 15.0 Å². The number of hydrogen-bond acceptors (Lipinski definition) is 5. The summed E-state index contributed by atoms with van der Waals surface area (Å²) in [6.45, 7) is 0.0429. The van der Waals surface area contributed by atoms with Crippen molar-refractivity contribution in [3.8, 4) is 0 Å². The van der Waals surface area contributed by atoms with Gasteiger partial charge in [-0.25, -0.2) is 18.4 Å². The van der Waals surface area contributed by atoms with Gasteiger partial charge in [-0.05, 0) is 5.56 Å². The maximum absolute atomic E-state index is 13.1. The number of rotatable bonds is 4. The van der Waals surface area contributed by atoms with Gasteiger partial charge in [0.25, 0.3) is 0 Å². The molecule has 8 nitrogen and oxygen atoms in total. The Balaban J connectivity index is 1.72. The molecule has 1 aliphatic rings. The molecule has 2 N–H and O–H groups in total. The van der Waals surface area contributed by atoms with Gasteiger partial charge >= 0.3 is 5.97 Å². The summed E-state index contributed by atoms with van der Waals surface area (Å²) in [5.41, 5.74) is 1.24. The van der Waals surface area contributed by atoms with Gasteiger partial charge in [0.05, 0.1) is 11.3 Å². The van der Waals surface area contributed by atoms with Crippen molar-refractivity contribution in [3.63, 3.8) is 0 Å². The van der Waals surface area contributed by atoms with E-state index in [0.29, 0.717) is 11.0 Å². The first-order valence-corrected chi connectivity index (χ1v) is 9.47. The molecule has 9 heteroatoms. The fourth-order valence-corrected chi connectivity index (χ4v) is 5.07. The third-order valence-electron chi connectivity index (χ3n) is 4.77. The number of nitrogens with one attached hydrogen (secondary N) is 1. The molecular weight excluding hydrogens is 356 g/mol. The van der Waals surface area contributed by atoms with Crippen LogP contribution in [0.25, 0.3) is 11.0 Å². The lowest BCUT2D eigenvalue weighted by Gasteiger charge is -2.16. The van der Waals surface area contributed by atoms with Crippen LogP contribution >= 0.6 is 0 Å². The summed E-state index contributed by atoms with van der Waals surface area (Å²) in [7, 11) is -3.87. The predicted octanol–water partition coefficient (Wildman–Crippen LogP) is 1.45. The number of carboxylic acids is 1. The third kappa shape index (κ3) is 2.65. The maximum Gasteiger partial charge on any atom is 0.308 e. The van der Waals surface area contributed by atoms with Gasteiger partial charge in [0.15, 0.2) is 0 Å². The van der Waals surface area contributed by atoms with Crippen molar-refractivity contribution in [1.82, 2.24) is 19.3 Å². The SMILES string of the molecule is O=C(O)[C@@H]1CN(S(=O)(=O)c2c[nH]c3ncncc23)C[C@H]1c1ccccc1. The Bertz CT molecular complexity index is 1060. The lowest BCUT2D eigenvalue weighted by Crippen LogP contribution is -2.30. The van der Waals surface area contributed by atoms with Crippen molar-refractivity contribution in [1.29, 1.82) is 0 Å². The van der Waals surface area contributed by atoms with Crippen molar-refractivity contribution in [3.05, 3.63) is 54.6 Å². The molecule has 0 amide bonds. The van der Waals surface area contributed by atoms with Crippen molar-refractivity contribution < 1.29 is 18.3 Å². The summed E-state index contributed by atoms with van der Waals surface area (Å²) < 4.78 is 27.5. The average molecular weight is 372 g/mol. The van der Waals surface area contributed by atoms with E-state index < -0.39 is 27.8 Å². The number of H-pyrrole nitrogens is 1. The number of carboxylic acid groups (broad SMARTS) is 1. The zero-order valence-electron chi connectivity index (χ0n) is 13.6. The second-order valence-electron chi connectivity index (χ2n) is 6.22. The predicted molar refractivity (Wildman–Crippen MR) is 93.0 cm³/mol. The van der Waals surface area contributed by atoms with Gasteiger partial charge in [-0.1, -0.05) is 30.3 Å². The van der Waals surface area contributed by atoms with Crippen molar-refractivity contribution in [2.24, 2.45) is 5.92 Å². The Labute approximate surface area is 149 Å². The molecule has 4 rings (SSSR count). The van der Waals surface area contributed by atoms with Crippen LogP contribution in [-0.2, 0) is 14.8 Å². The fraction of sp³-hybridized carbons (Fsp3) is 0.235. The second-order valence-corrected chi connectivity index (χ2v) is 8.13. The molecule has 0 saturated carbocycles. The van der Waals surface area contributed by atoms with Crippen molar-refractivity contribution in [2.75, 3.05) is 13.1 Å². The van der Waals surface area contributed by atoms with E-state index >= 15 is 0 Å². The van der Waals surface area contributed by atoms with Gasteiger partial charge in [-0.15, -0.1) is 0 Å². The van der Waals surface area contributed by atoms with E-state index in [9.17, 15) is 18.3 Å². The molecule has 0 bridgehead atoms. The highest BCUT2D eigenvalue weighted by atomic mass is 32.2. The van der Waals surface area contributed by atoms with Crippen LogP contribution in [0.1, 0.15) is 11.5 Å². The van der Waals surface area contributed by atoms with E-state index in [1.54, 1.807) is 0 Å². The second kappa shape index (κ2) is 6.19. The van der Waals surface area contributed by atoms with Crippen LogP contribution in [0.15, 0.2) is 53.9 Å². The standard InChI is InChI=1S/C17H16N4O4S/c22-17(23)14-9-21(8-13(14)11-4-2-1-3-5-11)26(24,25)15-7-19-16-12(15)6-18-10-20-16/h1-7,10,13-14H,8-9H2,(H,22,23)(H,18,19,20)/t13-,14+/m0/s1. The molecule has 0 aliphatic carbocycles. The van der Waals surface area contributed by atoms with Crippen LogP contribution in [0.5, 0.6) is 0 Å². The number of carbonyl (C=O) groups is 1. The number of aromatic nitrogens is 3. The average Bonchev–Trinajstić information content (AvgIpc) is 3.28. The third-order valence-corrected chi connectivity index (χ3v) is 6.64. The minimum Gasteiger partial charge on any atom is -0.481 e. The molecule has 2 atom stereocenters. The number of aromatic amines is 1. The summed E-state index contributed by atoms with van der Waals surface area (Å²) in [6, 6.07) is 9.14. The molecule has 1 aromatic carbocycles. The number of hydrogen-bond donors (Lipinski definition) is 2. The molecule has 1 aliphatic heterocycles. The molecular formula is C17H16N4O4S. The largest absolute Gasteiger partial charge is 0.481 e. The molecule has 0 unspecified atom stereocenters. The zero-order chi connectivity index (χ0) is 18.3. The monoisotopic (exact) mass is 372 g/mol. The van der Waals surface area contributed by atoms with Gasteiger partial charge in [-0.2, -0.15) is 4.31 Å². The highest BCUT2D eigenvalue weighted by Gasteiger charge is 2.44. The van der Waals surface area contributed by atoms with Crippen LogP contribution in [0.2, 0.25) is 0 Å². The normalized spacial score (nSPS) is 21.2. The summed E-state index contributed by atoms with van der Waals surface area (Å²) in [5, 5.41) is 9.97. The molecule has 1 fully saturated rings. The summed E-state index contributed by atoms with van der Waals surface area (Å²) in [6.07, 6.45) is 4.14. The van der Waals surface area contributed by atoms with E-state index in [1.807, 2.05) is 30.3 Å². The molecule has 2 aromatic heterocycles. The first-order chi connectivity index (χ1) is 12.5. The molecule has 1 saturated heterocycles. The highest BCUT2D eigenvalue weighted by molar-refractivity contribution is 7.89. The van der Waals surface area contributed by atoms with E-state index in [4.69, 9.17) is 0 Å². The van der Waals surface area contributed by atoms with Crippen LogP contribution in [0.3, 0.4) is 0 Å². The van der Waals surface area contributed by atoms with Gasteiger partial charge in [0.2, 0.25) is 10.0 Å². The Morgan fingerprint density at radius 2 is 2.00 bits per heavy atom. The van der Waals surface area contributed by atoms with Crippen LogP contribution in [0, 0.1) is 5.92 Å². The Hall–Kier alpha value is -2.78. The van der Waals surface area contributed by atoms with Gasteiger partial charge < -0.3 is 10.1 Å². The van der Waals surface area contributed by atoms with E-state index in [1.165, 1.54) is 23.0 Å². The number of benzene rings is 1. The van der Waals surface area contributed by atoms with Crippen LogP contribution in [-0.4, -0.2) is 51.8 Å². The summed E-state index contributed by atoms with van der Waals surface area (Å²) in [5.74, 6) is -2.20. The fourth-order valence-electron chi connectivity index (χ4n) is 3.44. The molecule has 3 aromatic rings. The smallest absolute Gasteiger partial charge is 0.308 e. The minimum atomic E-state index is -3.87. The first-order valence-electron chi connectivity index (χ1n) is 8.03. The topological polar surface area (TPSA) is 116 Å². The summed E-state index contributed by atoms with van der Waals surface area (Å²) in [4.78, 5) is 22.5. The number of aliphatic carboxylic acids is 1. The van der Waals surface area contributed by atoms with E-state index in [0.717, 1.165) is 5.56 Å². The molecule has 0 radical (unpaired) electrons.